The number of carboxylic acids is 1. The fraction of sp³-hybridized carbons (Fsp3) is 0.0769. The maximum absolute atomic E-state index is 13.6. The molecule has 0 aliphatic rings. The van der Waals surface area contributed by atoms with E-state index in [9.17, 15) is 9.18 Å². The maximum atomic E-state index is 13.6. The van der Waals surface area contributed by atoms with Gasteiger partial charge in [-0.1, -0.05) is 18.2 Å². The molecule has 0 unspecified atom stereocenters. The van der Waals surface area contributed by atoms with Gasteiger partial charge in [-0.15, -0.1) is 0 Å². The van der Waals surface area contributed by atoms with Crippen molar-refractivity contribution in [3.63, 3.8) is 0 Å². The first-order valence-corrected chi connectivity index (χ1v) is 5.08. The normalized spacial score (nSPS) is 10.2. The molecule has 0 aliphatic heterocycles. The Morgan fingerprint density at radius 2 is 2.00 bits per heavy atom. The molecule has 0 aliphatic carbocycles. The molecule has 2 aromatic rings. The number of pyridine rings is 1. The van der Waals surface area contributed by atoms with E-state index < -0.39 is 5.97 Å². The van der Waals surface area contributed by atoms with E-state index in [4.69, 9.17) is 5.11 Å². The highest BCUT2D eigenvalue weighted by atomic mass is 19.1. The van der Waals surface area contributed by atoms with Gasteiger partial charge in [-0.25, -0.2) is 4.39 Å². The van der Waals surface area contributed by atoms with Crippen LogP contribution in [0, 0.1) is 5.82 Å². The monoisotopic (exact) mass is 231 g/mol. The molecule has 3 nitrogen and oxygen atoms in total. The predicted molar refractivity (Wildman–Crippen MR) is 61.0 cm³/mol. The van der Waals surface area contributed by atoms with Gasteiger partial charge in [0, 0.05) is 23.5 Å². The van der Waals surface area contributed by atoms with E-state index in [0.29, 0.717) is 16.7 Å². The molecule has 1 N–H and O–H groups in total. The number of aromatic nitrogens is 1. The fourth-order valence-corrected chi connectivity index (χ4v) is 1.66. The molecule has 17 heavy (non-hydrogen) atoms. The summed E-state index contributed by atoms with van der Waals surface area (Å²) in [6.45, 7) is 0. The molecule has 0 radical (unpaired) electrons. The Bertz CT molecular complexity index is 555. The summed E-state index contributed by atoms with van der Waals surface area (Å²) >= 11 is 0. The van der Waals surface area contributed by atoms with Crippen LogP contribution in [-0.4, -0.2) is 16.1 Å². The Kier molecular flexibility index (Phi) is 3.14. The van der Waals surface area contributed by atoms with E-state index in [1.807, 2.05) is 0 Å². The first-order chi connectivity index (χ1) is 8.18. The molecule has 0 saturated carbocycles. The van der Waals surface area contributed by atoms with Gasteiger partial charge in [0.2, 0.25) is 0 Å². The van der Waals surface area contributed by atoms with Gasteiger partial charge in [0.1, 0.15) is 5.82 Å². The highest BCUT2D eigenvalue weighted by Crippen LogP contribution is 2.25. The summed E-state index contributed by atoms with van der Waals surface area (Å²) in [5.74, 6) is -1.33. The molecule has 0 bridgehead atoms. The Morgan fingerprint density at radius 1 is 1.24 bits per heavy atom. The third-order valence-corrected chi connectivity index (χ3v) is 2.42. The van der Waals surface area contributed by atoms with E-state index in [1.165, 1.54) is 18.5 Å². The van der Waals surface area contributed by atoms with E-state index in [2.05, 4.69) is 4.98 Å². The summed E-state index contributed by atoms with van der Waals surface area (Å²) < 4.78 is 13.6. The van der Waals surface area contributed by atoms with Gasteiger partial charge in [0.15, 0.2) is 0 Å². The molecule has 1 aromatic heterocycles. The minimum absolute atomic E-state index is 0.147. The molecular formula is C13H10FNO2. The van der Waals surface area contributed by atoms with E-state index >= 15 is 0 Å². The molecule has 4 heteroatoms. The standard InChI is InChI=1S/C13H10FNO2/c14-12-4-2-1-3-10(12)11-8-15-6-5-9(11)7-13(16)17/h1-6,8H,7H2,(H,16,17). The average molecular weight is 231 g/mol. The number of carboxylic acid groups (broad SMARTS) is 1. The van der Waals surface area contributed by atoms with Gasteiger partial charge >= 0.3 is 5.97 Å². The largest absolute Gasteiger partial charge is 0.481 e. The van der Waals surface area contributed by atoms with Crippen molar-refractivity contribution in [3.05, 3.63) is 54.1 Å². The SMILES string of the molecule is O=C(O)Cc1ccncc1-c1ccccc1F. The van der Waals surface area contributed by atoms with Crippen molar-refractivity contribution >= 4 is 5.97 Å². The summed E-state index contributed by atoms with van der Waals surface area (Å²) in [5.41, 5.74) is 1.45. The summed E-state index contributed by atoms with van der Waals surface area (Å²) in [7, 11) is 0. The lowest BCUT2D eigenvalue weighted by Crippen LogP contribution is -2.02. The number of hydrogen-bond acceptors (Lipinski definition) is 2. The zero-order valence-corrected chi connectivity index (χ0v) is 8.93. The van der Waals surface area contributed by atoms with Crippen LogP contribution >= 0.6 is 0 Å². The quantitative estimate of drug-likeness (QED) is 0.883. The second-order valence-electron chi connectivity index (χ2n) is 3.58. The molecule has 86 valence electrons. The van der Waals surface area contributed by atoms with Crippen LogP contribution in [0.15, 0.2) is 42.7 Å². The Balaban J connectivity index is 2.52. The van der Waals surface area contributed by atoms with Crippen LogP contribution in [-0.2, 0) is 11.2 Å². The van der Waals surface area contributed by atoms with Gasteiger partial charge in [-0.3, -0.25) is 9.78 Å². The predicted octanol–water partition coefficient (Wildman–Crippen LogP) is 2.51. The lowest BCUT2D eigenvalue weighted by molar-refractivity contribution is -0.136. The van der Waals surface area contributed by atoms with E-state index in [-0.39, 0.29) is 12.2 Å². The second-order valence-corrected chi connectivity index (χ2v) is 3.58. The van der Waals surface area contributed by atoms with Crippen molar-refractivity contribution < 1.29 is 14.3 Å². The van der Waals surface area contributed by atoms with Gasteiger partial charge in [-0.2, -0.15) is 0 Å². The molecule has 0 spiro atoms. The summed E-state index contributed by atoms with van der Waals surface area (Å²) in [6, 6.07) is 7.84. The third-order valence-electron chi connectivity index (χ3n) is 2.42. The Labute approximate surface area is 97.6 Å². The molecule has 0 atom stereocenters. The van der Waals surface area contributed by atoms with Crippen molar-refractivity contribution in [2.75, 3.05) is 0 Å². The van der Waals surface area contributed by atoms with Crippen molar-refractivity contribution in [2.45, 2.75) is 6.42 Å². The minimum Gasteiger partial charge on any atom is -0.481 e. The molecule has 1 heterocycles. The topological polar surface area (TPSA) is 50.2 Å². The zero-order chi connectivity index (χ0) is 12.3. The lowest BCUT2D eigenvalue weighted by Gasteiger charge is -2.07. The van der Waals surface area contributed by atoms with Gasteiger partial charge in [0.05, 0.1) is 6.42 Å². The number of benzene rings is 1. The second kappa shape index (κ2) is 4.74. The highest BCUT2D eigenvalue weighted by Gasteiger charge is 2.11. The van der Waals surface area contributed by atoms with Gasteiger partial charge < -0.3 is 5.11 Å². The minimum atomic E-state index is -0.950. The van der Waals surface area contributed by atoms with Gasteiger partial charge in [-0.05, 0) is 17.7 Å². The molecule has 0 saturated heterocycles. The first-order valence-electron chi connectivity index (χ1n) is 5.08. The number of halogens is 1. The summed E-state index contributed by atoms with van der Waals surface area (Å²) in [4.78, 5) is 14.6. The van der Waals surface area contributed by atoms with Gasteiger partial charge in [0.25, 0.3) is 0 Å². The number of rotatable bonds is 3. The number of nitrogens with zero attached hydrogens (tertiary/aromatic N) is 1. The maximum Gasteiger partial charge on any atom is 0.307 e. The van der Waals surface area contributed by atoms with Crippen molar-refractivity contribution in [1.29, 1.82) is 0 Å². The summed E-state index contributed by atoms with van der Waals surface area (Å²) in [5, 5.41) is 8.79. The smallest absolute Gasteiger partial charge is 0.307 e. The van der Waals surface area contributed by atoms with Crippen molar-refractivity contribution in [2.24, 2.45) is 0 Å². The van der Waals surface area contributed by atoms with Crippen LogP contribution in [0.2, 0.25) is 0 Å². The van der Waals surface area contributed by atoms with Crippen LogP contribution < -0.4 is 0 Å². The van der Waals surface area contributed by atoms with Crippen LogP contribution in [0.25, 0.3) is 11.1 Å². The Hall–Kier alpha value is -2.23. The van der Waals surface area contributed by atoms with Crippen LogP contribution in [0.4, 0.5) is 4.39 Å². The molecule has 2 rings (SSSR count). The number of aliphatic carboxylic acids is 1. The van der Waals surface area contributed by atoms with Crippen LogP contribution in [0.3, 0.4) is 0 Å². The lowest BCUT2D eigenvalue weighted by atomic mass is 10.00. The Morgan fingerprint density at radius 3 is 2.71 bits per heavy atom. The van der Waals surface area contributed by atoms with E-state index in [1.54, 1.807) is 24.3 Å². The number of hydrogen-bond donors (Lipinski definition) is 1. The van der Waals surface area contributed by atoms with Crippen molar-refractivity contribution in [3.8, 4) is 11.1 Å². The molecule has 0 amide bonds. The van der Waals surface area contributed by atoms with Crippen molar-refractivity contribution in [1.82, 2.24) is 4.98 Å². The van der Waals surface area contributed by atoms with Crippen LogP contribution in [0.1, 0.15) is 5.56 Å². The average Bonchev–Trinajstić information content (AvgIpc) is 2.30. The molecular weight excluding hydrogens is 221 g/mol. The van der Waals surface area contributed by atoms with Crippen LogP contribution in [0.5, 0.6) is 0 Å². The zero-order valence-electron chi connectivity index (χ0n) is 8.93. The molecule has 0 fully saturated rings. The van der Waals surface area contributed by atoms with E-state index in [0.717, 1.165) is 0 Å². The molecule has 1 aromatic carbocycles. The highest BCUT2D eigenvalue weighted by molar-refractivity contribution is 5.76. The fourth-order valence-electron chi connectivity index (χ4n) is 1.66. The third kappa shape index (κ3) is 2.47. The first kappa shape index (κ1) is 11.3. The number of carbonyl (C=O) groups is 1. The summed E-state index contributed by atoms with van der Waals surface area (Å²) in [6.07, 6.45) is 2.84.